The summed E-state index contributed by atoms with van der Waals surface area (Å²) < 4.78 is 21.2. The predicted molar refractivity (Wildman–Crippen MR) is 119 cm³/mol. The minimum Gasteiger partial charge on any atom is -0.390 e. The molecule has 0 saturated carbocycles. The highest BCUT2D eigenvalue weighted by molar-refractivity contribution is 5.32. The van der Waals surface area contributed by atoms with Gasteiger partial charge in [0.1, 0.15) is 5.82 Å². The van der Waals surface area contributed by atoms with Crippen LogP contribution in [0.4, 0.5) is 4.53 Å². The number of aliphatic hydroxyl groups is 1. The number of aliphatic hydroxyl groups excluding tert-OH is 1. The molecule has 1 N–H and O–H groups in total. The van der Waals surface area contributed by atoms with Crippen molar-refractivity contribution in [1.29, 1.82) is 0 Å². The van der Waals surface area contributed by atoms with Crippen LogP contribution >= 0.6 is 0 Å². The van der Waals surface area contributed by atoms with Gasteiger partial charge in [-0.15, -0.1) is 0 Å². The average molecular weight is 463 g/mol. The second-order valence-corrected chi connectivity index (χ2v) is 8.90. The molecule has 0 spiro atoms. The highest BCUT2D eigenvalue weighted by Crippen LogP contribution is 2.37. The van der Waals surface area contributed by atoms with Gasteiger partial charge in [-0.3, -0.25) is 14.4 Å². The molecule has 2 aliphatic rings. The normalized spacial score (nSPS) is 23.6. The number of ether oxygens (including phenoxy) is 1. The molecule has 0 aliphatic carbocycles. The Kier molecular flexibility index (Phi) is 7.26. The molecule has 9 nitrogen and oxygen atoms in total. The van der Waals surface area contributed by atoms with Crippen molar-refractivity contribution < 1.29 is 19.3 Å². The van der Waals surface area contributed by atoms with Crippen molar-refractivity contribution in [3.63, 3.8) is 0 Å². The Morgan fingerprint density at radius 2 is 1.85 bits per heavy atom. The first kappa shape index (κ1) is 23.6. The van der Waals surface area contributed by atoms with Crippen molar-refractivity contribution in [3.8, 4) is 5.75 Å². The lowest BCUT2D eigenvalue weighted by molar-refractivity contribution is -0.0444. The highest BCUT2D eigenvalue weighted by Gasteiger charge is 2.41. The Bertz CT molecular complexity index is 1070. The fraction of sp³-hybridized carbons (Fsp3) is 0.609. The standard InChI is InChI=1S/C23H31FN4O5/c1-3-26-15(2)25-22(30)28(23(26)31)13-19(29)12-27-17-8-9-18(27)11-20(10-17)32-14-16-6-4-5-7-21(16)33-24/h4-7,17-20,29H,3,8-14H2,1-2H3/t17?,18?,19-,20?/m1/s1. The molecule has 2 unspecified atom stereocenters. The van der Waals surface area contributed by atoms with Crippen LogP contribution in [0.1, 0.15) is 44.0 Å². The van der Waals surface area contributed by atoms with Gasteiger partial charge in [0.2, 0.25) is 0 Å². The number of fused-ring (bicyclic) bond motifs is 2. The minimum absolute atomic E-state index is 0.0456. The monoisotopic (exact) mass is 462 g/mol. The highest BCUT2D eigenvalue weighted by atomic mass is 19.3. The Morgan fingerprint density at radius 3 is 2.52 bits per heavy atom. The molecule has 2 aromatic rings. The Labute approximate surface area is 191 Å². The maximum atomic E-state index is 12.7. The number of hydrogen-bond donors (Lipinski definition) is 1. The van der Waals surface area contributed by atoms with E-state index in [1.165, 1.54) is 4.57 Å². The van der Waals surface area contributed by atoms with Gasteiger partial charge in [-0.05, 0) is 45.6 Å². The van der Waals surface area contributed by atoms with Crippen LogP contribution in [-0.4, -0.2) is 55.0 Å². The average Bonchev–Trinajstić information content (AvgIpc) is 3.02. The third kappa shape index (κ3) is 5.02. The van der Waals surface area contributed by atoms with Gasteiger partial charge in [0, 0.05) is 35.3 Å². The first-order valence-corrected chi connectivity index (χ1v) is 11.5. The minimum atomic E-state index is -0.862. The van der Waals surface area contributed by atoms with E-state index in [2.05, 4.69) is 14.8 Å². The van der Waals surface area contributed by atoms with Crippen LogP contribution in [0.15, 0.2) is 33.9 Å². The first-order valence-electron chi connectivity index (χ1n) is 11.5. The van der Waals surface area contributed by atoms with Crippen molar-refractivity contribution in [3.05, 3.63) is 56.6 Å². The molecule has 1 aromatic heterocycles. The lowest BCUT2D eigenvalue weighted by Gasteiger charge is -2.39. The van der Waals surface area contributed by atoms with Gasteiger partial charge >= 0.3 is 11.4 Å². The van der Waals surface area contributed by atoms with Gasteiger partial charge < -0.3 is 9.84 Å². The molecule has 4 rings (SSSR count). The number of rotatable bonds is 9. The molecular formula is C23H31FN4O5. The Hall–Kier alpha value is -2.56. The number of para-hydroxylation sites is 1. The van der Waals surface area contributed by atoms with Crippen LogP contribution in [0.2, 0.25) is 0 Å². The summed E-state index contributed by atoms with van der Waals surface area (Å²) in [6, 6.07) is 7.40. The molecule has 33 heavy (non-hydrogen) atoms. The number of hydrogen-bond acceptors (Lipinski definition) is 7. The smallest absolute Gasteiger partial charge is 0.353 e. The molecule has 2 saturated heterocycles. The van der Waals surface area contributed by atoms with Gasteiger partial charge in [-0.25, -0.2) is 14.2 Å². The molecule has 2 aliphatic heterocycles. The summed E-state index contributed by atoms with van der Waals surface area (Å²) in [5.74, 6) is 0.545. The van der Waals surface area contributed by atoms with Crippen molar-refractivity contribution in [2.75, 3.05) is 6.54 Å². The molecule has 0 amide bonds. The third-order valence-corrected chi connectivity index (χ3v) is 6.84. The zero-order chi connectivity index (χ0) is 23.5. The molecule has 10 heteroatoms. The van der Waals surface area contributed by atoms with Gasteiger partial charge in [0.25, 0.3) is 0 Å². The maximum Gasteiger partial charge on any atom is 0.353 e. The summed E-state index contributed by atoms with van der Waals surface area (Å²) in [7, 11) is 0. The molecule has 2 fully saturated rings. The van der Waals surface area contributed by atoms with Gasteiger partial charge in [-0.1, -0.05) is 18.2 Å². The summed E-state index contributed by atoms with van der Waals surface area (Å²) in [5, 5.41) is 10.7. The molecule has 3 atom stereocenters. The lowest BCUT2D eigenvalue weighted by atomic mass is 9.99. The second-order valence-electron chi connectivity index (χ2n) is 8.90. The largest absolute Gasteiger partial charge is 0.390 e. The molecular weight excluding hydrogens is 431 g/mol. The summed E-state index contributed by atoms with van der Waals surface area (Å²) in [6.07, 6.45) is 2.84. The fourth-order valence-corrected chi connectivity index (χ4v) is 5.22. The molecule has 2 bridgehead atoms. The van der Waals surface area contributed by atoms with Crippen molar-refractivity contribution in [2.45, 2.75) is 83.5 Å². The van der Waals surface area contributed by atoms with Crippen molar-refractivity contribution >= 4 is 0 Å². The maximum absolute atomic E-state index is 12.7. The predicted octanol–water partition coefficient (Wildman–Crippen LogP) is 1.57. The molecule has 0 radical (unpaired) electrons. The zero-order valence-electron chi connectivity index (χ0n) is 19.0. The van der Waals surface area contributed by atoms with Crippen LogP contribution < -0.4 is 16.3 Å². The molecule has 3 heterocycles. The number of aromatic nitrogens is 3. The van der Waals surface area contributed by atoms with E-state index in [0.29, 0.717) is 24.5 Å². The van der Waals surface area contributed by atoms with E-state index in [-0.39, 0.29) is 37.1 Å². The van der Waals surface area contributed by atoms with Gasteiger partial charge in [0.15, 0.2) is 5.75 Å². The van der Waals surface area contributed by atoms with E-state index in [0.717, 1.165) is 30.3 Å². The molecule has 1 aromatic carbocycles. The van der Waals surface area contributed by atoms with Crippen LogP contribution in [0.25, 0.3) is 0 Å². The summed E-state index contributed by atoms with van der Waals surface area (Å²) in [5.41, 5.74) is -0.407. The Morgan fingerprint density at radius 1 is 1.15 bits per heavy atom. The summed E-state index contributed by atoms with van der Waals surface area (Å²) in [4.78, 5) is 34.9. The summed E-state index contributed by atoms with van der Waals surface area (Å²) >= 11 is 0. The topological polar surface area (TPSA) is 98.8 Å². The zero-order valence-corrected chi connectivity index (χ0v) is 19.0. The van der Waals surface area contributed by atoms with Crippen LogP contribution in [-0.2, 0) is 24.4 Å². The third-order valence-electron chi connectivity index (χ3n) is 6.84. The Balaban J connectivity index is 1.36. The SMILES string of the molecule is CCn1c(C)nc(=O)n(C[C@H](O)CN2C3CCC2CC(OCc2ccccc2OF)C3)c1=O. The van der Waals surface area contributed by atoms with E-state index in [4.69, 9.17) is 4.74 Å². The number of nitrogens with zero attached hydrogens (tertiary/aromatic N) is 4. The van der Waals surface area contributed by atoms with E-state index >= 15 is 0 Å². The van der Waals surface area contributed by atoms with Crippen LogP contribution in [0.5, 0.6) is 5.75 Å². The number of piperidine rings is 1. The second kappa shape index (κ2) is 10.1. The number of aryl methyl sites for hydroxylation is 1. The van der Waals surface area contributed by atoms with Gasteiger partial charge in [-0.2, -0.15) is 4.98 Å². The first-order chi connectivity index (χ1) is 15.9. The number of benzene rings is 1. The number of halogens is 1. The fourth-order valence-electron chi connectivity index (χ4n) is 5.22. The van der Waals surface area contributed by atoms with E-state index < -0.39 is 17.5 Å². The van der Waals surface area contributed by atoms with E-state index in [9.17, 15) is 19.2 Å². The van der Waals surface area contributed by atoms with Crippen molar-refractivity contribution in [2.24, 2.45) is 0 Å². The van der Waals surface area contributed by atoms with Crippen LogP contribution in [0.3, 0.4) is 0 Å². The van der Waals surface area contributed by atoms with Crippen LogP contribution in [0, 0.1) is 6.92 Å². The lowest BCUT2D eigenvalue weighted by Crippen LogP contribution is -2.51. The van der Waals surface area contributed by atoms with E-state index in [1.54, 1.807) is 25.1 Å². The van der Waals surface area contributed by atoms with Gasteiger partial charge in [0.05, 0.1) is 25.4 Å². The molecule has 180 valence electrons. The summed E-state index contributed by atoms with van der Waals surface area (Å²) in [6.45, 7) is 4.43. The van der Waals surface area contributed by atoms with E-state index in [1.807, 2.05) is 13.0 Å². The quantitative estimate of drug-likeness (QED) is 0.604. The van der Waals surface area contributed by atoms with Crippen molar-refractivity contribution in [1.82, 2.24) is 19.0 Å².